The number of nitrogens with one attached hydrogen (secondary N) is 1. The average Bonchev–Trinajstić information content (AvgIpc) is 2.81. The van der Waals surface area contributed by atoms with Crippen LogP contribution in [0, 0.1) is 0 Å². The highest BCUT2D eigenvalue weighted by Gasteiger charge is 2.39. The van der Waals surface area contributed by atoms with Crippen LogP contribution in [0.15, 0.2) is 23.1 Å². The van der Waals surface area contributed by atoms with Gasteiger partial charge in [-0.15, -0.1) is 0 Å². The summed E-state index contributed by atoms with van der Waals surface area (Å²) in [6.45, 7) is 0. The minimum absolute atomic E-state index is 0.101. The first kappa shape index (κ1) is 19.1. The SMILES string of the molecule is O=C1SCC[C@H]1NS(=O)(=O)c1cc(C(F)(F)F)cc(C(F)(F)F)c1. The lowest BCUT2D eigenvalue weighted by atomic mass is 10.1. The largest absolute Gasteiger partial charge is 0.416 e. The van der Waals surface area contributed by atoms with Gasteiger partial charge in [-0.25, -0.2) is 8.42 Å². The van der Waals surface area contributed by atoms with E-state index in [4.69, 9.17) is 0 Å². The monoisotopic (exact) mass is 393 g/mol. The summed E-state index contributed by atoms with van der Waals surface area (Å²) in [5, 5.41) is -0.540. The first-order chi connectivity index (χ1) is 10.8. The summed E-state index contributed by atoms with van der Waals surface area (Å²) >= 11 is 0.830. The first-order valence-electron chi connectivity index (χ1n) is 6.29. The maximum absolute atomic E-state index is 12.8. The van der Waals surface area contributed by atoms with Crippen molar-refractivity contribution in [1.82, 2.24) is 4.72 Å². The van der Waals surface area contributed by atoms with Crippen LogP contribution in [0.25, 0.3) is 0 Å². The summed E-state index contributed by atoms with van der Waals surface area (Å²) in [6, 6.07) is -1.15. The predicted molar refractivity (Wildman–Crippen MR) is 72.6 cm³/mol. The molecule has 1 aliphatic heterocycles. The van der Waals surface area contributed by atoms with E-state index in [0.29, 0.717) is 5.75 Å². The third kappa shape index (κ3) is 4.22. The number of hydrogen-bond donors (Lipinski definition) is 1. The van der Waals surface area contributed by atoms with E-state index in [1.54, 1.807) is 0 Å². The number of rotatable bonds is 3. The van der Waals surface area contributed by atoms with E-state index in [0.717, 1.165) is 11.8 Å². The van der Waals surface area contributed by atoms with Gasteiger partial charge < -0.3 is 0 Å². The molecule has 1 aromatic carbocycles. The van der Waals surface area contributed by atoms with E-state index in [2.05, 4.69) is 0 Å². The van der Waals surface area contributed by atoms with Crippen LogP contribution in [0.4, 0.5) is 26.3 Å². The molecule has 0 saturated carbocycles. The first-order valence-corrected chi connectivity index (χ1v) is 8.76. The molecule has 134 valence electrons. The summed E-state index contributed by atoms with van der Waals surface area (Å²) < 4.78 is 103. The Hall–Kier alpha value is -1.27. The number of sulfonamides is 1. The minimum atomic E-state index is -5.16. The van der Waals surface area contributed by atoms with E-state index in [1.807, 2.05) is 4.72 Å². The average molecular weight is 393 g/mol. The van der Waals surface area contributed by atoms with Gasteiger partial charge in [0, 0.05) is 5.75 Å². The number of hydrogen-bond acceptors (Lipinski definition) is 4. The highest BCUT2D eigenvalue weighted by atomic mass is 32.2. The smallest absolute Gasteiger partial charge is 0.285 e. The summed E-state index contributed by atoms with van der Waals surface area (Å²) in [6.07, 6.45) is -10.2. The molecule has 0 radical (unpaired) electrons. The fraction of sp³-hybridized carbons (Fsp3) is 0.417. The molecule has 0 aromatic heterocycles. The van der Waals surface area contributed by atoms with Crippen LogP contribution in [-0.4, -0.2) is 25.3 Å². The lowest BCUT2D eigenvalue weighted by Gasteiger charge is -2.16. The quantitative estimate of drug-likeness (QED) is 0.802. The Morgan fingerprint density at radius 3 is 1.88 bits per heavy atom. The Bertz CT molecular complexity index is 725. The second-order valence-electron chi connectivity index (χ2n) is 4.87. The molecule has 1 aliphatic rings. The molecule has 1 fully saturated rings. The van der Waals surface area contributed by atoms with Gasteiger partial charge in [-0.1, -0.05) is 11.8 Å². The zero-order valence-electron chi connectivity index (χ0n) is 11.5. The lowest BCUT2D eigenvalue weighted by molar-refractivity contribution is -0.143. The number of carbonyl (C=O) groups excluding carboxylic acids is 1. The van der Waals surface area contributed by atoms with Crippen molar-refractivity contribution in [3.8, 4) is 0 Å². The molecule has 12 heteroatoms. The molecule has 2 rings (SSSR count). The molecular formula is C12H9F6NO3S2. The number of thioether (sulfide) groups is 1. The number of halogens is 6. The third-order valence-corrected chi connectivity index (χ3v) is 5.56. The maximum atomic E-state index is 12.8. The second kappa shape index (κ2) is 6.23. The predicted octanol–water partition coefficient (Wildman–Crippen LogP) is 3.03. The van der Waals surface area contributed by atoms with Gasteiger partial charge in [-0.3, -0.25) is 4.79 Å². The van der Waals surface area contributed by atoms with Gasteiger partial charge in [0.05, 0.1) is 22.1 Å². The van der Waals surface area contributed by atoms with Gasteiger partial charge in [0.2, 0.25) is 15.1 Å². The normalized spacial score (nSPS) is 19.8. The topological polar surface area (TPSA) is 63.2 Å². The fourth-order valence-electron chi connectivity index (χ4n) is 1.94. The highest BCUT2D eigenvalue weighted by Crippen LogP contribution is 2.37. The van der Waals surface area contributed by atoms with Crippen molar-refractivity contribution in [2.24, 2.45) is 0 Å². The number of alkyl halides is 6. The van der Waals surface area contributed by atoms with Gasteiger partial charge in [-0.05, 0) is 24.6 Å². The van der Waals surface area contributed by atoms with Gasteiger partial charge in [0.1, 0.15) is 0 Å². The van der Waals surface area contributed by atoms with Crippen LogP contribution in [0.3, 0.4) is 0 Å². The van der Waals surface area contributed by atoms with E-state index >= 15 is 0 Å². The summed E-state index contributed by atoms with van der Waals surface area (Å²) in [5.74, 6) is 0.308. The van der Waals surface area contributed by atoms with E-state index in [1.165, 1.54) is 0 Å². The van der Waals surface area contributed by atoms with Gasteiger partial charge in [0.15, 0.2) is 0 Å². The molecule has 0 unspecified atom stereocenters. The van der Waals surface area contributed by atoms with Crippen LogP contribution >= 0.6 is 11.8 Å². The Morgan fingerprint density at radius 2 is 1.50 bits per heavy atom. The summed E-state index contributed by atoms with van der Waals surface area (Å²) in [4.78, 5) is 10.2. The molecule has 1 saturated heterocycles. The number of carbonyl (C=O) groups is 1. The van der Waals surface area contributed by atoms with Gasteiger partial charge in [0.25, 0.3) is 0 Å². The Kier molecular flexibility index (Phi) is 4.94. The van der Waals surface area contributed by atoms with Gasteiger partial charge in [-0.2, -0.15) is 31.1 Å². The molecule has 1 atom stereocenters. The van der Waals surface area contributed by atoms with Crippen molar-refractivity contribution in [1.29, 1.82) is 0 Å². The van der Waals surface area contributed by atoms with Crippen molar-refractivity contribution in [2.75, 3.05) is 5.75 Å². The van der Waals surface area contributed by atoms with Crippen LogP contribution in [0.2, 0.25) is 0 Å². The summed E-state index contributed by atoms with van der Waals surface area (Å²) in [7, 11) is -4.73. The second-order valence-corrected chi connectivity index (χ2v) is 7.68. The summed E-state index contributed by atoms with van der Waals surface area (Å²) in [5.41, 5.74) is -3.49. The minimum Gasteiger partial charge on any atom is -0.285 e. The molecule has 1 aromatic rings. The molecule has 0 amide bonds. The molecule has 1 N–H and O–H groups in total. The highest BCUT2D eigenvalue weighted by molar-refractivity contribution is 8.14. The van der Waals surface area contributed by atoms with Crippen LogP contribution in [-0.2, 0) is 27.2 Å². The Balaban J connectivity index is 2.50. The standard InChI is InChI=1S/C12H9F6NO3S2/c13-11(14,15)6-3-7(12(16,17)18)5-8(4-6)24(21,22)19-9-1-2-23-10(9)20/h3-5,9,19H,1-2H2/t9-/m1/s1. The van der Waals surface area contributed by atoms with Crippen LogP contribution < -0.4 is 4.72 Å². The molecule has 4 nitrogen and oxygen atoms in total. The van der Waals surface area contributed by atoms with Gasteiger partial charge >= 0.3 is 12.4 Å². The fourth-order valence-corrected chi connectivity index (χ4v) is 4.25. The molecule has 1 heterocycles. The van der Waals surface area contributed by atoms with Crippen molar-refractivity contribution in [3.63, 3.8) is 0 Å². The van der Waals surface area contributed by atoms with Crippen LogP contribution in [0.5, 0.6) is 0 Å². The molecule has 0 aliphatic carbocycles. The zero-order valence-corrected chi connectivity index (χ0v) is 13.2. The van der Waals surface area contributed by atoms with E-state index in [-0.39, 0.29) is 24.6 Å². The molecule has 0 bridgehead atoms. The third-order valence-electron chi connectivity index (χ3n) is 3.10. The van der Waals surface area contributed by atoms with Crippen molar-refractivity contribution in [3.05, 3.63) is 29.3 Å². The van der Waals surface area contributed by atoms with Crippen molar-refractivity contribution in [2.45, 2.75) is 29.7 Å². The Morgan fingerprint density at radius 1 is 1.00 bits per heavy atom. The van der Waals surface area contributed by atoms with Crippen molar-refractivity contribution >= 4 is 26.9 Å². The lowest BCUT2D eigenvalue weighted by Crippen LogP contribution is -2.37. The van der Waals surface area contributed by atoms with Crippen molar-refractivity contribution < 1.29 is 39.6 Å². The maximum Gasteiger partial charge on any atom is 0.416 e. The number of benzene rings is 1. The molecule has 0 spiro atoms. The zero-order chi connectivity index (χ0) is 18.3. The molecule has 24 heavy (non-hydrogen) atoms. The van der Waals surface area contributed by atoms with E-state index < -0.39 is 49.6 Å². The Labute approximate surface area is 136 Å². The molecular weight excluding hydrogens is 384 g/mol. The van der Waals surface area contributed by atoms with Crippen LogP contribution in [0.1, 0.15) is 17.5 Å². The van der Waals surface area contributed by atoms with E-state index in [9.17, 15) is 39.6 Å².